The van der Waals surface area contributed by atoms with Crippen LogP contribution in [-0.4, -0.2) is 26.3 Å². The van der Waals surface area contributed by atoms with Crippen molar-refractivity contribution >= 4 is 0 Å². The first-order valence-corrected chi connectivity index (χ1v) is 5.88. The zero-order valence-electron chi connectivity index (χ0n) is 11.5. The van der Waals surface area contributed by atoms with Gasteiger partial charge in [0, 0.05) is 6.42 Å². The molecule has 1 aromatic carbocycles. The van der Waals surface area contributed by atoms with Gasteiger partial charge in [0.05, 0.1) is 27.5 Å². The number of nitrogens with zero attached hydrogens (tertiary/aromatic N) is 1. The topological polar surface area (TPSA) is 53.7 Å². The number of hydrogen-bond donors (Lipinski definition) is 0. The third-order valence-electron chi connectivity index (χ3n) is 2.75. The molecule has 2 rings (SSSR count). The number of rotatable bonds is 5. The Hall–Kier alpha value is -2.17. The largest absolute Gasteiger partial charge is 0.493 e. The molecule has 0 atom stereocenters. The van der Waals surface area contributed by atoms with Gasteiger partial charge in [-0.25, -0.2) is 4.98 Å². The third kappa shape index (κ3) is 2.81. The highest BCUT2D eigenvalue weighted by Crippen LogP contribution is 2.38. The summed E-state index contributed by atoms with van der Waals surface area (Å²) in [5, 5.41) is 0. The lowest BCUT2D eigenvalue weighted by atomic mass is 10.1. The van der Waals surface area contributed by atoms with E-state index in [2.05, 4.69) is 4.98 Å². The Balaban J connectivity index is 2.35. The Morgan fingerprint density at radius 3 is 2.11 bits per heavy atom. The molecule has 1 aromatic heterocycles. The van der Waals surface area contributed by atoms with Gasteiger partial charge in [0.2, 0.25) is 5.75 Å². The van der Waals surface area contributed by atoms with Gasteiger partial charge in [0.1, 0.15) is 5.76 Å². The maximum absolute atomic E-state index is 5.47. The highest BCUT2D eigenvalue weighted by atomic mass is 16.5. The zero-order valence-corrected chi connectivity index (χ0v) is 11.5. The third-order valence-corrected chi connectivity index (χ3v) is 2.75. The quantitative estimate of drug-likeness (QED) is 0.830. The molecule has 0 N–H and O–H groups in total. The average molecular weight is 263 g/mol. The fraction of sp³-hybridized carbons (Fsp3) is 0.357. The van der Waals surface area contributed by atoms with Gasteiger partial charge in [0.25, 0.3) is 0 Å². The monoisotopic (exact) mass is 263 g/mol. The van der Waals surface area contributed by atoms with Crippen molar-refractivity contribution < 1.29 is 18.6 Å². The molecule has 0 aliphatic rings. The normalized spacial score (nSPS) is 10.3. The minimum Gasteiger partial charge on any atom is -0.493 e. The molecule has 102 valence electrons. The molecule has 0 saturated carbocycles. The Morgan fingerprint density at radius 1 is 1.05 bits per heavy atom. The van der Waals surface area contributed by atoms with Crippen molar-refractivity contribution in [1.29, 1.82) is 0 Å². The highest BCUT2D eigenvalue weighted by Gasteiger charge is 2.14. The van der Waals surface area contributed by atoms with Gasteiger partial charge in [-0.2, -0.15) is 0 Å². The summed E-state index contributed by atoms with van der Waals surface area (Å²) < 4.78 is 21.4. The van der Waals surface area contributed by atoms with E-state index in [1.807, 2.05) is 19.1 Å². The van der Waals surface area contributed by atoms with Crippen molar-refractivity contribution in [2.75, 3.05) is 21.3 Å². The number of oxazole rings is 1. The summed E-state index contributed by atoms with van der Waals surface area (Å²) in [6, 6.07) is 3.78. The number of aromatic nitrogens is 1. The van der Waals surface area contributed by atoms with E-state index in [4.69, 9.17) is 18.6 Å². The SMILES string of the molecule is COc1cc(Cc2ncc(C)o2)cc(OC)c1OC. The second-order valence-corrected chi connectivity index (χ2v) is 4.08. The Morgan fingerprint density at radius 2 is 1.68 bits per heavy atom. The number of methoxy groups -OCH3 is 3. The number of benzene rings is 1. The molecule has 0 amide bonds. The molecule has 0 spiro atoms. The molecule has 5 heteroatoms. The lowest BCUT2D eigenvalue weighted by Crippen LogP contribution is -1.97. The molecule has 0 aliphatic heterocycles. The maximum atomic E-state index is 5.47. The van der Waals surface area contributed by atoms with Crippen molar-refractivity contribution in [3.63, 3.8) is 0 Å². The minimum atomic E-state index is 0.574. The van der Waals surface area contributed by atoms with Gasteiger partial charge in [-0.15, -0.1) is 0 Å². The van der Waals surface area contributed by atoms with Crippen molar-refractivity contribution in [3.8, 4) is 17.2 Å². The van der Waals surface area contributed by atoms with Crippen LogP contribution in [0, 0.1) is 6.92 Å². The van der Waals surface area contributed by atoms with Crippen LogP contribution in [0.1, 0.15) is 17.2 Å². The first-order chi connectivity index (χ1) is 9.17. The van der Waals surface area contributed by atoms with E-state index < -0.39 is 0 Å². The van der Waals surface area contributed by atoms with E-state index in [1.54, 1.807) is 27.5 Å². The van der Waals surface area contributed by atoms with Gasteiger partial charge in [-0.05, 0) is 24.6 Å². The van der Waals surface area contributed by atoms with Crippen molar-refractivity contribution in [2.45, 2.75) is 13.3 Å². The summed E-state index contributed by atoms with van der Waals surface area (Å²) in [4.78, 5) is 4.19. The fourth-order valence-corrected chi connectivity index (χ4v) is 1.90. The fourth-order valence-electron chi connectivity index (χ4n) is 1.90. The van der Waals surface area contributed by atoms with E-state index in [0.29, 0.717) is 29.6 Å². The molecule has 5 nitrogen and oxygen atoms in total. The van der Waals surface area contributed by atoms with Crippen LogP contribution >= 0.6 is 0 Å². The molecule has 0 unspecified atom stereocenters. The number of ether oxygens (including phenoxy) is 3. The average Bonchev–Trinajstić information content (AvgIpc) is 2.82. The summed E-state index contributed by atoms with van der Waals surface area (Å²) in [5.41, 5.74) is 0.983. The molecule has 0 radical (unpaired) electrons. The van der Waals surface area contributed by atoms with Crippen LogP contribution in [0.5, 0.6) is 17.2 Å². The molecule has 0 saturated heterocycles. The molecule has 19 heavy (non-hydrogen) atoms. The van der Waals surface area contributed by atoms with E-state index in [-0.39, 0.29) is 0 Å². The summed E-state index contributed by atoms with van der Waals surface area (Å²) in [6.07, 6.45) is 2.28. The predicted molar refractivity (Wildman–Crippen MR) is 70.1 cm³/mol. The van der Waals surface area contributed by atoms with Gasteiger partial charge < -0.3 is 18.6 Å². The van der Waals surface area contributed by atoms with E-state index in [1.165, 1.54) is 0 Å². The first-order valence-electron chi connectivity index (χ1n) is 5.88. The number of aryl methyl sites for hydroxylation is 1. The smallest absolute Gasteiger partial charge is 0.203 e. The first kappa shape index (κ1) is 13.3. The zero-order chi connectivity index (χ0) is 13.8. The Labute approximate surface area is 112 Å². The molecular weight excluding hydrogens is 246 g/mol. The lowest BCUT2D eigenvalue weighted by Gasteiger charge is -2.13. The molecule has 2 aromatic rings. The van der Waals surface area contributed by atoms with E-state index in [9.17, 15) is 0 Å². The van der Waals surface area contributed by atoms with Crippen LogP contribution in [0.25, 0.3) is 0 Å². The predicted octanol–water partition coefficient (Wildman–Crippen LogP) is 2.60. The van der Waals surface area contributed by atoms with Gasteiger partial charge >= 0.3 is 0 Å². The lowest BCUT2D eigenvalue weighted by molar-refractivity contribution is 0.323. The summed E-state index contributed by atoms with van der Waals surface area (Å²) in [5.74, 6) is 3.28. The Bertz CT molecular complexity index is 537. The van der Waals surface area contributed by atoms with Crippen molar-refractivity contribution in [3.05, 3.63) is 35.5 Å². The van der Waals surface area contributed by atoms with Gasteiger partial charge in [0.15, 0.2) is 17.4 Å². The summed E-state index contributed by atoms with van der Waals surface area (Å²) >= 11 is 0. The van der Waals surface area contributed by atoms with Crippen molar-refractivity contribution in [2.24, 2.45) is 0 Å². The van der Waals surface area contributed by atoms with Crippen LogP contribution in [0.15, 0.2) is 22.7 Å². The van der Waals surface area contributed by atoms with Crippen LogP contribution in [0.4, 0.5) is 0 Å². The second kappa shape index (κ2) is 5.65. The van der Waals surface area contributed by atoms with Gasteiger partial charge in [-0.1, -0.05) is 0 Å². The van der Waals surface area contributed by atoms with Gasteiger partial charge in [-0.3, -0.25) is 0 Å². The van der Waals surface area contributed by atoms with Crippen LogP contribution in [-0.2, 0) is 6.42 Å². The number of hydrogen-bond acceptors (Lipinski definition) is 5. The Kier molecular flexibility index (Phi) is 3.94. The van der Waals surface area contributed by atoms with Crippen molar-refractivity contribution in [1.82, 2.24) is 4.98 Å². The minimum absolute atomic E-state index is 0.574. The van der Waals surface area contributed by atoms with E-state index in [0.717, 1.165) is 11.3 Å². The molecule has 0 aliphatic carbocycles. The standard InChI is InChI=1S/C14H17NO4/c1-9-8-15-13(19-9)7-10-5-11(16-2)14(18-4)12(6-10)17-3/h5-6,8H,7H2,1-4H3. The maximum Gasteiger partial charge on any atom is 0.203 e. The summed E-state index contributed by atoms with van der Waals surface area (Å²) in [6.45, 7) is 1.87. The van der Waals surface area contributed by atoms with Crippen LogP contribution in [0.2, 0.25) is 0 Å². The molecule has 0 bridgehead atoms. The second-order valence-electron chi connectivity index (χ2n) is 4.08. The molecular formula is C14H17NO4. The van der Waals surface area contributed by atoms with Crippen LogP contribution in [0.3, 0.4) is 0 Å². The summed E-state index contributed by atoms with van der Waals surface area (Å²) in [7, 11) is 4.77. The molecule has 1 heterocycles. The molecule has 0 fully saturated rings. The van der Waals surface area contributed by atoms with Crippen LogP contribution < -0.4 is 14.2 Å². The highest BCUT2D eigenvalue weighted by molar-refractivity contribution is 5.54. The van der Waals surface area contributed by atoms with E-state index >= 15 is 0 Å².